The van der Waals surface area contributed by atoms with Gasteiger partial charge < -0.3 is 20.9 Å². The number of nitrogens with zero attached hydrogens (tertiary/aromatic N) is 2. The van der Waals surface area contributed by atoms with Gasteiger partial charge in [0.15, 0.2) is 0 Å². The molecule has 0 unspecified atom stereocenters. The molecule has 0 radical (unpaired) electrons. The molecule has 0 bridgehead atoms. The Balaban J connectivity index is 0.00000484. The minimum Gasteiger partial charge on any atom is -0.346 e. The van der Waals surface area contributed by atoms with Crippen LogP contribution in [0.2, 0.25) is 0 Å². The van der Waals surface area contributed by atoms with E-state index < -0.39 is 6.04 Å². The van der Waals surface area contributed by atoms with Crippen molar-refractivity contribution >= 4 is 30.1 Å². The number of hydrogen-bond acceptors (Lipinski definition) is 4. The summed E-state index contributed by atoms with van der Waals surface area (Å²) in [6.07, 6.45) is 0. The molecule has 134 valence electrons. The maximum Gasteiger partial charge on any atom is 0.242 e. The average molecular weight is 349 g/mol. The smallest absolute Gasteiger partial charge is 0.242 e. The Morgan fingerprint density at radius 3 is 1.91 bits per heavy atom. The van der Waals surface area contributed by atoms with E-state index in [1.54, 1.807) is 9.80 Å². The molecule has 0 saturated carbocycles. The van der Waals surface area contributed by atoms with Crippen LogP contribution in [0.4, 0.5) is 0 Å². The first-order chi connectivity index (χ1) is 10.2. The fraction of sp³-hybridized carbons (Fsp3) is 0.800. The summed E-state index contributed by atoms with van der Waals surface area (Å²) in [5, 5.41) is 2.58. The van der Waals surface area contributed by atoms with E-state index in [4.69, 9.17) is 5.73 Å². The molecule has 1 aliphatic heterocycles. The third-order valence-electron chi connectivity index (χ3n) is 3.87. The number of piperazine rings is 1. The van der Waals surface area contributed by atoms with E-state index in [2.05, 4.69) is 5.32 Å². The first kappa shape index (κ1) is 21.7. The standard InChI is InChI=1S/C15H28N4O3.ClH/c1-10(2)13(16)14(21)17-9-12(20)18-5-7-19(8-6-18)15(22)11(3)4;/h10-11,13H,5-9,16H2,1-4H3,(H,17,21);1H/t13-;/m0./s1. The van der Waals surface area contributed by atoms with Crippen LogP contribution in [0.15, 0.2) is 0 Å². The van der Waals surface area contributed by atoms with Gasteiger partial charge in [0.2, 0.25) is 17.7 Å². The van der Waals surface area contributed by atoms with Crippen LogP contribution in [-0.4, -0.2) is 66.3 Å². The van der Waals surface area contributed by atoms with Gasteiger partial charge in [-0.3, -0.25) is 14.4 Å². The van der Waals surface area contributed by atoms with Crippen LogP contribution in [0.5, 0.6) is 0 Å². The molecular weight excluding hydrogens is 320 g/mol. The summed E-state index contributed by atoms with van der Waals surface area (Å²) in [7, 11) is 0. The molecule has 3 amide bonds. The lowest BCUT2D eigenvalue weighted by atomic mass is 10.1. The van der Waals surface area contributed by atoms with Crippen LogP contribution >= 0.6 is 12.4 Å². The molecule has 1 rings (SSSR count). The number of rotatable bonds is 5. The Hall–Kier alpha value is -1.34. The zero-order valence-electron chi connectivity index (χ0n) is 14.4. The van der Waals surface area contributed by atoms with E-state index in [9.17, 15) is 14.4 Å². The van der Waals surface area contributed by atoms with Crippen LogP contribution in [-0.2, 0) is 14.4 Å². The Labute approximate surface area is 144 Å². The highest BCUT2D eigenvalue weighted by molar-refractivity contribution is 5.87. The second-order valence-corrected chi connectivity index (χ2v) is 6.35. The van der Waals surface area contributed by atoms with Crippen molar-refractivity contribution < 1.29 is 14.4 Å². The van der Waals surface area contributed by atoms with E-state index in [0.717, 1.165) is 0 Å². The minimum atomic E-state index is -0.603. The number of carbonyl (C=O) groups excluding carboxylic acids is 3. The normalized spacial score (nSPS) is 16.1. The molecule has 3 N–H and O–H groups in total. The van der Waals surface area contributed by atoms with Gasteiger partial charge in [-0.1, -0.05) is 27.7 Å². The molecule has 0 aromatic heterocycles. The van der Waals surface area contributed by atoms with Crippen LogP contribution in [0, 0.1) is 11.8 Å². The Bertz CT molecular complexity index is 421. The highest BCUT2D eigenvalue weighted by Gasteiger charge is 2.26. The Morgan fingerprint density at radius 2 is 1.48 bits per heavy atom. The summed E-state index contributed by atoms with van der Waals surface area (Å²) in [6.45, 7) is 9.50. The summed E-state index contributed by atoms with van der Waals surface area (Å²) in [5.74, 6) is -0.332. The SMILES string of the molecule is CC(C)C(=O)N1CCN(C(=O)CNC(=O)[C@@H](N)C(C)C)CC1.Cl. The van der Waals surface area contributed by atoms with Gasteiger partial charge >= 0.3 is 0 Å². The van der Waals surface area contributed by atoms with E-state index in [0.29, 0.717) is 26.2 Å². The molecule has 0 aromatic rings. The van der Waals surface area contributed by atoms with Crippen molar-refractivity contribution in [2.45, 2.75) is 33.7 Å². The lowest BCUT2D eigenvalue weighted by Gasteiger charge is -2.35. The van der Waals surface area contributed by atoms with E-state index in [-0.39, 0.29) is 48.5 Å². The van der Waals surface area contributed by atoms with Gasteiger partial charge in [-0.15, -0.1) is 12.4 Å². The lowest BCUT2D eigenvalue weighted by Crippen LogP contribution is -2.54. The van der Waals surface area contributed by atoms with Crippen molar-refractivity contribution in [3.8, 4) is 0 Å². The average Bonchev–Trinajstić information content (AvgIpc) is 2.50. The fourth-order valence-corrected chi connectivity index (χ4v) is 2.24. The zero-order valence-corrected chi connectivity index (χ0v) is 15.2. The zero-order chi connectivity index (χ0) is 16.9. The summed E-state index contributed by atoms with van der Waals surface area (Å²) in [5.41, 5.74) is 5.72. The second kappa shape index (κ2) is 9.72. The lowest BCUT2D eigenvalue weighted by molar-refractivity contribution is -0.141. The van der Waals surface area contributed by atoms with Crippen molar-refractivity contribution in [1.82, 2.24) is 15.1 Å². The predicted molar refractivity (Wildman–Crippen MR) is 91.1 cm³/mol. The molecule has 1 atom stereocenters. The maximum absolute atomic E-state index is 12.1. The van der Waals surface area contributed by atoms with Gasteiger partial charge in [0, 0.05) is 32.1 Å². The molecule has 23 heavy (non-hydrogen) atoms. The number of nitrogens with one attached hydrogen (secondary N) is 1. The first-order valence-corrected chi connectivity index (χ1v) is 7.84. The molecular formula is C15H29ClN4O3. The first-order valence-electron chi connectivity index (χ1n) is 7.84. The number of halogens is 1. The van der Waals surface area contributed by atoms with Crippen molar-refractivity contribution in [3.05, 3.63) is 0 Å². The third kappa shape index (κ3) is 6.35. The number of amides is 3. The van der Waals surface area contributed by atoms with Gasteiger partial charge in [0.25, 0.3) is 0 Å². The molecule has 1 aliphatic rings. The highest BCUT2D eigenvalue weighted by atomic mass is 35.5. The van der Waals surface area contributed by atoms with Gasteiger partial charge in [0.05, 0.1) is 12.6 Å². The van der Waals surface area contributed by atoms with Gasteiger partial charge in [-0.05, 0) is 5.92 Å². The number of hydrogen-bond donors (Lipinski definition) is 2. The quantitative estimate of drug-likeness (QED) is 0.721. The molecule has 8 heteroatoms. The summed E-state index contributed by atoms with van der Waals surface area (Å²) in [4.78, 5) is 39.1. The van der Waals surface area contributed by atoms with E-state index >= 15 is 0 Å². The molecule has 0 spiro atoms. The van der Waals surface area contributed by atoms with Gasteiger partial charge in [-0.2, -0.15) is 0 Å². The maximum atomic E-state index is 12.1. The van der Waals surface area contributed by atoms with Gasteiger partial charge in [-0.25, -0.2) is 0 Å². The third-order valence-corrected chi connectivity index (χ3v) is 3.87. The van der Waals surface area contributed by atoms with Crippen LogP contribution < -0.4 is 11.1 Å². The Kier molecular flexibility index (Phi) is 9.16. The van der Waals surface area contributed by atoms with Crippen molar-refractivity contribution in [2.24, 2.45) is 17.6 Å². The molecule has 1 heterocycles. The van der Waals surface area contributed by atoms with Crippen LogP contribution in [0.1, 0.15) is 27.7 Å². The summed E-state index contributed by atoms with van der Waals surface area (Å²) < 4.78 is 0. The van der Waals surface area contributed by atoms with Crippen molar-refractivity contribution in [3.63, 3.8) is 0 Å². The van der Waals surface area contributed by atoms with Crippen molar-refractivity contribution in [1.29, 1.82) is 0 Å². The predicted octanol–water partition coefficient (Wildman–Crippen LogP) is -0.165. The molecule has 1 fully saturated rings. The van der Waals surface area contributed by atoms with Crippen molar-refractivity contribution in [2.75, 3.05) is 32.7 Å². The van der Waals surface area contributed by atoms with Gasteiger partial charge in [0.1, 0.15) is 0 Å². The summed E-state index contributed by atoms with van der Waals surface area (Å²) in [6, 6.07) is -0.603. The molecule has 7 nitrogen and oxygen atoms in total. The topological polar surface area (TPSA) is 95.7 Å². The molecule has 1 saturated heterocycles. The molecule has 0 aromatic carbocycles. The van der Waals surface area contributed by atoms with Crippen LogP contribution in [0.25, 0.3) is 0 Å². The van der Waals surface area contributed by atoms with E-state index in [1.807, 2.05) is 27.7 Å². The highest BCUT2D eigenvalue weighted by Crippen LogP contribution is 2.07. The Morgan fingerprint density at radius 1 is 1.00 bits per heavy atom. The minimum absolute atomic E-state index is 0. The number of carbonyl (C=O) groups is 3. The largest absolute Gasteiger partial charge is 0.346 e. The fourth-order valence-electron chi connectivity index (χ4n) is 2.24. The van der Waals surface area contributed by atoms with Crippen LogP contribution in [0.3, 0.4) is 0 Å². The van der Waals surface area contributed by atoms with E-state index in [1.165, 1.54) is 0 Å². The number of nitrogens with two attached hydrogens (primary N) is 1. The monoisotopic (exact) mass is 348 g/mol. The second-order valence-electron chi connectivity index (χ2n) is 6.35. The summed E-state index contributed by atoms with van der Waals surface area (Å²) >= 11 is 0. The molecule has 0 aliphatic carbocycles.